The van der Waals surface area contributed by atoms with Crippen molar-refractivity contribution in [1.82, 2.24) is 0 Å². The minimum absolute atomic E-state index is 0.362. The summed E-state index contributed by atoms with van der Waals surface area (Å²) in [7, 11) is 0. The number of thiophene rings is 2. The molecule has 0 aliphatic heterocycles. The van der Waals surface area contributed by atoms with E-state index in [-0.39, 0.29) is 0 Å². The van der Waals surface area contributed by atoms with E-state index in [4.69, 9.17) is 0 Å². The van der Waals surface area contributed by atoms with Gasteiger partial charge in [0.25, 0.3) is 0 Å². The van der Waals surface area contributed by atoms with Crippen LogP contribution in [0.2, 0.25) is 0 Å². The predicted octanol–water partition coefficient (Wildman–Crippen LogP) is 5.70. The fourth-order valence-electron chi connectivity index (χ4n) is 2.19. The smallest absolute Gasteiger partial charge is 0.0578 e. The van der Waals surface area contributed by atoms with E-state index >= 15 is 0 Å². The van der Waals surface area contributed by atoms with Crippen LogP contribution in [0.5, 0.6) is 0 Å². The van der Waals surface area contributed by atoms with Gasteiger partial charge in [-0.15, -0.1) is 22.7 Å². The second kappa shape index (κ2) is 5.35. The van der Waals surface area contributed by atoms with Crippen LogP contribution in [0.15, 0.2) is 41.8 Å². The Morgan fingerprint density at radius 3 is 2.84 bits per heavy atom. The third-order valence-corrected chi connectivity index (χ3v) is 5.60. The monoisotopic (exact) mass is 287 g/mol. The van der Waals surface area contributed by atoms with Crippen LogP contribution in [-0.2, 0) is 6.42 Å². The molecule has 1 aromatic carbocycles. The van der Waals surface area contributed by atoms with Gasteiger partial charge in [0.05, 0.1) is 6.04 Å². The largest absolute Gasteiger partial charge is 0.378 e. The molecule has 98 valence electrons. The summed E-state index contributed by atoms with van der Waals surface area (Å²) in [5.41, 5.74) is 1.20. The summed E-state index contributed by atoms with van der Waals surface area (Å²) in [6.07, 6.45) is 1.12. The highest BCUT2D eigenvalue weighted by Gasteiger charge is 2.08. The number of benzene rings is 1. The zero-order valence-corrected chi connectivity index (χ0v) is 12.8. The Bertz CT molecular complexity index is 681. The first kappa shape index (κ1) is 12.7. The summed E-state index contributed by atoms with van der Waals surface area (Å²) in [6.45, 7) is 4.43. The molecule has 3 heteroatoms. The average Bonchev–Trinajstić information content (AvgIpc) is 3.06. The number of nitrogens with one attached hydrogen (secondary N) is 1. The molecule has 1 nitrogen and oxygen atoms in total. The van der Waals surface area contributed by atoms with E-state index in [0.29, 0.717) is 6.04 Å². The Balaban J connectivity index is 1.79. The van der Waals surface area contributed by atoms with Crippen molar-refractivity contribution in [2.75, 3.05) is 5.32 Å². The fraction of sp³-hybridized carbons (Fsp3) is 0.250. The molecule has 19 heavy (non-hydrogen) atoms. The Hall–Kier alpha value is -1.32. The van der Waals surface area contributed by atoms with Gasteiger partial charge >= 0.3 is 0 Å². The Labute approximate surface area is 121 Å². The summed E-state index contributed by atoms with van der Waals surface area (Å²) < 4.78 is 1.35. The van der Waals surface area contributed by atoms with Gasteiger partial charge in [0, 0.05) is 20.1 Å². The van der Waals surface area contributed by atoms with Gasteiger partial charge in [-0.2, -0.15) is 0 Å². The van der Waals surface area contributed by atoms with Crippen molar-refractivity contribution < 1.29 is 0 Å². The van der Waals surface area contributed by atoms with Crippen LogP contribution in [0.1, 0.15) is 29.6 Å². The number of fused-ring (bicyclic) bond motifs is 1. The molecule has 0 fully saturated rings. The van der Waals surface area contributed by atoms with Crippen molar-refractivity contribution in [3.63, 3.8) is 0 Å². The normalized spacial score (nSPS) is 12.7. The van der Waals surface area contributed by atoms with Crippen LogP contribution in [0, 0.1) is 0 Å². The maximum absolute atomic E-state index is 3.59. The van der Waals surface area contributed by atoms with E-state index in [0.717, 1.165) is 6.42 Å². The van der Waals surface area contributed by atoms with Crippen LogP contribution in [-0.4, -0.2) is 0 Å². The molecular weight excluding hydrogens is 270 g/mol. The molecular formula is C16H17NS2. The van der Waals surface area contributed by atoms with Gasteiger partial charge in [0.15, 0.2) is 0 Å². The molecule has 3 rings (SSSR count). The SMILES string of the molecule is CCc1ccc(C(C)Nc2ccc3sccc3c2)s1. The predicted molar refractivity (Wildman–Crippen MR) is 87.6 cm³/mol. The first-order valence-electron chi connectivity index (χ1n) is 6.58. The average molecular weight is 287 g/mol. The fourth-order valence-corrected chi connectivity index (χ4v) is 3.92. The van der Waals surface area contributed by atoms with Crippen LogP contribution in [0.25, 0.3) is 10.1 Å². The molecule has 0 saturated carbocycles. The zero-order chi connectivity index (χ0) is 13.2. The zero-order valence-electron chi connectivity index (χ0n) is 11.1. The first-order chi connectivity index (χ1) is 9.26. The third-order valence-electron chi connectivity index (χ3n) is 3.29. The first-order valence-corrected chi connectivity index (χ1v) is 8.28. The summed E-state index contributed by atoms with van der Waals surface area (Å²) >= 11 is 3.70. The Morgan fingerprint density at radius 2 is 2.05 bits per heavy atom. The molecule has 1 atom stereocenters. The minimum atomic E-state index is 0.362. The van der Waals surface area contributed by atoms with Crippen LogP contribution in [0.3, 0.4) is 0 Å². The van der Waals surface area contributed by atoms with Crippen molar-refractivity contribution in [3.05, 3.63) is 51.5 Å². The van der Waals surface area contributed by atoms with E-state index in [1.807, 2.05) is 11.3 Å². The highest BCUT2D eigenvalue weighted by Crippen LogP contribution is 2.29. The molecule has 0 bridgehead atoms. The third kappa shape index (κ3) is 2.67. The number of aryl methyl sites for hydroxylation is 1. The molecule has 1 unspecified atom stereocenters. The molecule has 0 spiro atoms. The van der Waals surface area contributed by atoms with Gasteiger partial charge in [-0.1, -0.05) is 6.92 Å². The van der Waals surface area contributed by atoms with Gasteiger partial charge in [-0.05, 0) is 60.5 Å². The van der Waals surface area contributed by atoms with Crippen LogP contribution < -0.4 is 5.32 Å². The summed E-state index contributed by atoms with van der Waals surface area (Å²) in [4.78, 5) is 2.86. The quantitative estimate of drug-likeness (QED) is 0.649. The van der Waals surface area contributed by atoms with E-state index in [1.54, 1.807) is 11.3 Å². The highest BCUT2D eigenvalue weighted by atomic mass is 32.1. The highest BCUT2D eigenvalue weighted by molar-refractivity contribution is 7.17. The number of hydrogen-bond donors (Lipinski definition) is 1. The lowest BCUT2D eigenvalue weighted by Crippen LogP contribution is -2.04. The molecule has 0 aliphatic rings. The summed E-state index contributed by atoms with van der Waals surface area (Å²) in [5, 5.41) is 7.06. The van der Waals surface area contributed by atoms with E-state index < -0.39 is 0 Å². The van der Waals surface area contributed by atoms with Gasteiger partial charge in [-0.3, -0.25) is 0 Å². The molecule has 0 saturated heterocycles. The molecule has 2 aromatic heterocycles. The van der Waals surface area contributed by atoms with Crippen molar-refractivity contribution in [1.29, 1.82) is 0 Å². The standard InChI is InChI=1S/C16H17NS2/c1-3-14-5-7-15(19-14)11(2)17-13-4-6-16-12(10-13)8-9-18-16/h4-11,17H,3H2,1-2H3. The summed E-state index contributed by atoms with van der Waals surface area (Å²) in [5.74, 6) is 0. The number of hydrogen-bond acceptors (Lipinski definition) is 3. The lowest BCUT2D eigenvalue weighted by atomic mass is 10.2. The molecule has 1 N–H and O–H groups in total. The molecule has 0 aliphatic carbocycles. The van der Waals surface area contributed by atoms with Crippen molar-refractivity contribution in [3.8, 4) is 0 Å². The van der Waals surface area contributed by atoms with Crippen molar-refractivity contribution >= 4 is 38.4 Å². The van der Waals surface area contributed by atoms with Crippen LogP contribution in [0.4, 0.5) is 5.69 Å². The van der Waals surface area contributed by atoms with E-state index in [2.05, 4.69) is 60.9 Å². The number of rotatable bonds is 4. The van der Waals surface area contributed by atoms with Crippen molar-refractivity contribution in [2.24, 2.45) is 0 Å². The second-order valence-electron chi connectivity index (χ2n) is 4.70. The van der Waals surface area contributed by atoms with Gasteiger partial charge in [0.1, 0.15) is 0 Å². The van der Waals surface area contributed by atoms with Gasteiger partial charge in [0.2, 0.25) is 0 Å². The molecule has 2 heterocycles. The van der Waals surface area contributed by atoms with E-state index in [1.165, 1.54) is 25.5 Å². The van der Waals surface area contributed by atoms with Gasteiger partial charge in [-0.25, -0.2) is 0 Å². The topological polar surface area (TPSA) is 12.0 Å². The minimum Gasteiger partial charge on any atom is -0.378 e. The Morgan fingerprint density at radius 1 is 1.16 bits per heavy atom. The lowest BCUT2D eigenvalue weighted by Gasteiger charge is -2.13. The number of anilines is 1. The van der Waals surface area contributed by atoms with Crippen LogP contribution >= 0.6 is 22.7 Å². The van der Waals surface area contributed by atoms with E-state index in [9.17, 15) is 0 Å². The molecule has 3 aromatic rings. The van der Waals surface area contributed by atoms with Gasteiger partial charge < -0.3 is 5.32 Å². The maximum atomic E-state index is 3.59. The Kier molecular flexibility index (Phi) is 3.58. The molecule has 0 amide bonds. The second-order valence-corrected chi connectivity index (χ2v) is 6.84. The maximum Gasteiger partial charge on any atom is 0.0578 e. The molecule has 0 radical (unpaired) electrons. The summed E-state index contributed by atoms with van der Waals surface area (Å²) in [6, 6.07) is 13.6. The lowest BCUT2D eigenvalue weighted by molar-refractivity contribution is 0.909. The van der Waals surface area contributed by atoms with Crippen molar-refractivity contribution in [2.45, 2.75) is 26.3 Å².